The number of aliphatic hydroxyl groups is 1. The average molecular weight is 362 g/mol. The van der Waals surface area contributed by atoms with Crippen LogP contribution >= 0.6 is 0 Å². The van der Waals surface area contributed by atoms with Gasteiger partial charge in [-0.3, -0.25) is 0 Å². The summed E-state index contributed by atoms with van der Waals surface area (Å²) in [6, 6.07) is 14.5. The molecule has 0 saturated heterocycles. The van der Waals surface area contributed by atoms with Gasteiger partial charge in [0.05, 0.1) is 6.10 Å². The van der Waals surface area contributed by atoms with E-state index in [4.69, 9.17) is 0 Å². The van der Waals surface area contributed by atoms with Crippen LogP contribution in [0.25, 0.3) is 16.6 Å². The van der Waals surface area contributed by atoms with Crippen LogP contribution in [-0.2, 0) is 0 Å². The maximum absolute atomic E-state index is 9.69. The van der Waals surface area contributed by atoms with Crippen molar-refractivity contribution in [2.75, 3.05) is 10.6 Å². The van der Waals surface area contributed by atoms with E-state index in [1.807, 2.05) is 47.1 Å². The number of nitrogens with zero attached hydrogens (tertiary/aromatic N) is 3. The molecular formula is C20H22N6O. The number of rotatable bonds is 4. The fraction of sp³-hybridized carbons (Fsp3) is 0.300. The van der Waals surface area contributed by atoms with E-state index in [9.17, 15) is 5.11 Å². The van der Waals surface area contributed by atoms with Gasteiger partial charge < -0.3 is 20.7 Å². The second-order valence-corrected chi connectivity index (χ2v) is 7.17. The van der Waals surface area contributed by atoms with Gasteiger partial charge in [0.1, 0.15) is 5.82 Å². The van der Waals surface area contributed by atoms with Crippen LogP contribution in [0.2, 0.25) is 0 Å². The van der Waals surface area contributed by atoms with Crippen molar-refractivity contribution in [3.8, 4) is 0 Å². The van der Waals surface area contributed by atoms with E-state index in [2.05, 4.69) is 31.8 Å². The smallest absolute Gasteiger partial charge is 0.247 e. The standard InChI is InChI=1S/C20H22N6O/c27-16-7-4-14(5-8-16)22-18-2-1-3-19-24-20(25-26(18)19)23-15-6-9-17-13(12-15)10-11-21-17/h1-3,6,9-12,14,16,21-22,27H,4-5,7-8H2,(H,23,25). The van der Waals surface area contributed by atoms with Gasteiger partial charge in [0.2, 0.25) is 5.95 Å². The molecular weight excluding hydrogens is 340 g/mol. The fourth-order valence-corrected chi connectivity index (χ4v) is 3.76. The summed E-state index contributed by atoms with van der Waals surface area (Å²) >= 11 is 0. The fourth-order valence-electron chi connectivity index (χ4n) is 3.76. The molecule has 1 fully saturated rings. The number of benzene rings is 1. The number of pyridine rings is 1. The van der Waals surface area contributed by atoms with E-state index in [1.165, 1.54) is 0 Å². The summed E-state index contributed by atoms with van der Waals surface area (Å²) in [6.07, 6.45) is 5.40. The highest BCUT2D eigenvalue weighted by Crippen LogP contribution is 2.24. The number of nitrogens with one attached hydrogen (secondary N) is 3. The Morgan fingerprint density at radius 3 is 2.85 bits per heavy atom. The van der Waals surface area contributed by atoms with Crippen LogP contribution in [0.1, 0.15) is 25.7 Å². The monoisotopic (exact) mass is 362 g/mol. The van der Waals surface area contributed by atoms with Crippen LogP contribution in [-0.4, -0.2) is 36.8 Å². The first-order chi connectivity index (χ1) is 13.2. The minimum atomic E-state index is -0.154. The molecule has 1 aliphatic rings. The SMILES string of the molecule is OC1CCC(Nc2cccc3nc(Nc4ccc5[nH]ccc5c4)nn23)CC1. The van der Waals surface area contributed by atoms with Crippen LogP contribution < -0.4 is 10.6 Å². The number of fused-ring (bicyclic) bond motifs is 2. The number of anilines is 3. The van der Waals surface area contributed by atoms with Crippen molar-refractivity contribution in [3.05, 3.63) is 48.7 Å². The minimum absolute atomic E-state index is 0.154. The topological polar surface area (TPSA) is 90.3 Å². The molecule has 3 heterocycles. The Labute approximate surface area is 156 Å². The molecule has 27 heavy (non-hydrogen) atoms. The molecule has 1 aromatic carbocycles. The molecule has 0 unspecified atom stereocenters. The largest absolute Gasteiger partial charge is 0.393 e. The molecule has 0 amide bonds. The first-order valence-corrected chi connectivity index (χ1v) is 9.39. The van der Waals surface area contributed by atoms with E-state index in [1.54, 1.807) is 0 Å². The highest BCUT2D eigenvalue weighted by Gasteiger charge is 2.20. The summed E-state index contributed by atoms with van der Waals surface area (Å²) in [5.74, 6) is 1.49. The molecule has 0 spiro atoms. The van der Waals surface area contributed by atoms with Gasteiger partial charge in [0.15, 0.2) is 5.65 Å². The normalized spacial score (nSPS) is 20.2. The third kappa shape index (κ3) is 3.21. The van der Waals surface area contributed by atoms with Gasteiger partial charge in [0.25, 0.3) is 0 Å². The summed E-state index contributed by atoms with van der Waals surface area (Å²) in [5.41, 5.74) is 2.85. The van der Waals surface area contributed by atoms with Crippen molar-refractivity contribution >= 4 is 34.0 Å². The van der Waals surface area contributed by atoms with Gasteiger partial charge in [-0.25, -0.2) is 0 Å². The van der Waals surface area contributed by atoms with Crippen LogP contribution in [0, 0.1) is 0 Å². The van der Waals surface area contributed by atoms with E-state index in [-0.39, 0.29) is 6.10 Å². The molecule has 0 bridgehead atoms. The molecule has 5 rings (SSSR count). The van der Waals surface area contributed by atoms with Gasteiger partial charge in [-0.2, -0.15) is 9.50 Å². The Hall–Kier alpha value is -3.06. The summed E-state index contributed by atoms with van der Waals surface area (Å²) in [7, 11) is 0. The Bertz CT molecular complexity index is 1080. The average Bonchev–Trinajstić information content (AvgIpc) is 3.30. The van der Waals surface area contributed by atoms with Crippen molar-refractivity contribution in [1.82, 2.24) is 19.6 Å². The van der Waals surface area contributed by atoms with Gasteiger partial charge in [0, 0.05) is 28.8 Å². The third-order valence-electron chi connectivity index (χ3n) is 5.22. The maximum atomic E-state index is 9.69. The van der Waals surface area contributed by atoms with Gasteiger partial charge in [-0.05, 0) is 62.1 Å². The molecule has 1 aliphatic carbocycles. The predicted molar refractivity (Wildman–Crippen MR) is 106 cm³/mol. The van der Waals surface area contributed by atoms with Gasteiger partial charge in [-0.1, -0.05) is 6.07 Å². The summed E-state index contributed by atoms with van der Waals surface area (Å²) < 4.78 is 1.84. The van der Waals surface area contributed by atoms with Crippen LogP contribution in [0.5, 0.6) is 0 Å². The van der Waals surface area contributed by atoms with Crippen LogP contribution in [0.3, 0.4) is 0 Å². The van der Waals surface area contributed by atoms with Crippen molar-refractivity contribution < 1.29 is 5.11 Å². The number of hydrogen-bond acceptors (Lipinski definition) is 5. The Morgan fingerprint density at radius 2 is 1.96 bits per heavy atom. The molecule has 0 aliphatic heterocycles. The lowest BCUT2D eigenvalue weighted by atomic mass is 9.93. The maximum Gasteiger partial charge on any atom is 0.247 e. The molecule has 7 nitrogen and oxygen atoms in total. The van der Waals surface area contributed by atoms with Crippen molar-refractivity contribution in [1.29, 1.82) is 0 Å². The quantitative estimate of drug-likeness (QED) is 0.445. The lowest BCUT2D eigenvalue weighted by Crippen LogP contribution is -2.29. The van der Waals surface area contributed by atoms with E-state index >= 15 is 0 Å². The zero-order valence-corrected chi connectivity index (χ0v) is 14.9. The molecule has 4 N–H and O–H groups in total. The zero-order chi connectivity index (χ0) is 18.2. The summed E-state index contributed by atoms with van der Waals surface area (Å²) in [4.78, 5) is 7.79. The third-order valence-corrected chi connectivity index (χ3v) is 5.22. The summed E-state index contributed by atoms with van der Waals surface area (Å²) in [5, 5.41) is 22.3. The van der Waals surface area contributed by atoms with Crippen molar-refractivity contribution in [3.63, 3.8) is 0 Å². The molecule has 4 aromatic rings. The molecule has 0 radical (unpaired) electrons. The van der Waals surface area contributed by atoms with E-state index in [0.29, 0.717) is 12.0 Å². The van der Waals surface area contributed by atoms with Gasteiger partial charge >= 0.3 is 0 Å². The van der Waals surface area contributed by atoms with Crippen LogP contribution in [0.15, 0.2) is 48.7 Å². The lowest BCUT2D eigenvalue weighted by molar-refractivity contribution is 0.126. The lowest BCUT2D eigenvalue weighted by Gasteiger charge is -2.26. The Morgan fingerprint density at radius 1 is 1.07 bits per heavy atom. The Kier molecular flexibility index (Phi) is 3.94. The van der Waals surface area contributed by atoms with Gasteiger partial charge in [-0.15, -0.1) is 5.10 Å². The Balaban J connectivity index is 1.39. The van der Waals surface area contributed by atoms with Crippen molar-refractivity contribution in [2.45, 2.75) is 37.8 Å². The highest BCUT2D eigenvalue weighted by molar-refractivity contribution is 5.83. The number of H-pyrrole nitrogens is 1. The second-order valence-electron chi connectivity index (χ2n) is 7.17. The number of aliphatic hydroxyl groups excluding tert-OH is 1. The summed E-state index contributed by atoms with van der Waals surface area (Å²) in [6.45, 7) is 0. The highest BCUT2D eigenvalue weighted by atomic mass is 16.3. The predicted octanol–water partition coefficient (Wildman–Crippen LogP) is 3.67. The molecule has 1 saturated carbocycles. The first kappa shape index (κ1) is 16.1. The molecule has 3 aromatic heterocycles. The van der Waals surface area contributed by atoms with Crippen molar-refractivity contribution in [2.24, 2.45) is 0 Å². The van der Waals surface area contributed by atoms with Crippen LogP contribution in [0.4, 0.5) is 17.5 Å². The molecule has 138 valence electrons. The van der Waals surface area contributed by atoms with E-state index < -0.39 is 0 Å². The molecule has 7 heteroatoms. The second kappa shape index (κ2) is 6.59. The number of aromatic nitrogens is 4. The minimum Gasteiger partial charge on any atom is -0.393 e. The first-order valence-electron chi connectivity index (χ1n) is 9.39. The zero-order valence-electron chi connectivity index (χ0n) is 14.9. The molecule has 0 atom stereocenters. The van der Waals surface area contributed by atoms with E-state index in [0.717, 1.165) is 53.7 Å². The number of aromatic amines is 1. The number of hydrogen-bond donors (Lipinski definition) is 4.